The van der Waals surface area contributed by atoms with E-state index in [9.17, 15) is 4.79 Å². The standard InChI is InChI=1S/C10H17N3OS/c1-8(4-6-12(2)3)13-7-5-9(14)11-10(13)15/h5,7-8H,4,6H2,1-3H3,(H,11,14,15). The summed E-state index contributed by atoms with van der Waals surface area (Å²) in [5.41, 5.74) is -0.143. The van der Waals surface area contributed by atoms with E-state index in [1.165, 1.54) is 6.07 Å². The molecule has 0 aliphatic carbocycles. The maximum absolute atomic E-state index is 11.0. The van der Waals surface area contributed by atoms with Gasteiger partial charge in [0, 0.05) is 18.3 Å². The number of hydrogen-bond donors (Lipinski definition) is 1. The van der Waals surface area contributed by atoms with Gasteiger partial charge in [-0.25, -0.2) is 0 Å². The monoisotopic (exact) mass is 227 g/mol. The van der Waals surface area contributed by atoms with Crippen LogP contribution in [0.25, 0.3) is 0 Å². The van der Waals surface area contributed by atoms with Crippen LogP contribution in [-0.4, -0.2) is 35.1 Å². The Kier molecular flexibility index (Phi) is 4.23. The van der Waals surface area contributed by atoms with Crippen molar-refractivity contribution in [3.05, 3.63) is 27.4 Å². The van der Waals surface area contributed by atoms with Crippen molar-refractivity contribution >= 4 is 12.2 Å². The topological polar surface area (TPSA) is 41.0 Å². The zero-order chi connectivity index (χ0) is 11.4. The normalized spacial score (nSPS) is 13.1. The van der Waals surface area contributed by atoms with Crippen LogP contribution >= 0.6 is 12.2 Å². The quantitative estimate of drug-likeness (QED) is 0.791. The van der Waals surface area contributed by atoms with Gasteiger partial charge in [-0.1, -0.05) is 0 Å². The van der Waals surface area contributed by atoms with E-state index in [0.29, 0.717) is 10.8 Å². The lowest BCUT2D eigenvalue weighted by molar-refractivity contribution is 0.354. The van der Waals surface area contributed by atoms with Crippen LogP contribution in [0.5, 0.6) is 0 Å². The first-order chi connectivity index (χ1) is 7.00. The Hall–Kier alpha value is -0.940. The van der Waals surface area contributed by atoms with Gasteiger partial charge in [-0.05, 0) is 46.2 Å². The summed E-state index contributed by atoms with van der Waals surface area (Å²) in [5.74, 6) is 0. The predicted molar refractivity (Wildman–Crippen MR) is 63.8 cm³/mol. The molecule has 1 aromatic rings. The maximum atomic E-state index is 11.0. The molecule has 0 saturated heterocycles. The minimum Gasteiger partial charge on any atom is -0.322 e. The molecule has 0 fully saturated rings. The average Bonchev–Trinajstić information content (AvgIpc) is 2.14. The molecule has 0 aliphatic heterocycles. The molecule has 1 heterocycles. The van der Waals surface area contributed by atoms with Gasteiger partial charge < -0.3 is 9.47 Å². The van der Waals surface area contributed by atoms with Gasteiger partial charge in [-0.3, -0.25) is 9.78 Å². The largest absolute Gasteiger partial charge is 0.322 e. The van der Waals surface area contributed by atoms with Crippen LogP contribution in [0.3, 0.4) is 0 Å². The highest BCUT2D eigenvalue weighted by atomic mass is 32.1. The fourth-order valence-electron chi connectivity index (χ4n) is 1.36. The first kappa shape index (κ1) is 12.1. The third-order valence-corrected chi connectivity index (χ3v) is 2.63. The first-order valence-corrected chi connectivity index (χ1v) is 5.37. The number of aromatic nitrogens is 2. The highest BCUT2D eigenvalue weighted by molar-refractivity contribution is 7.71. The maximum Gasteiger partial charge on any atom is 0.251 e. The van der Waals surface area contributed by atoms with Gasteiger partial charge >= 0.3 is 0 Å². The molecule has 0 spiro atoms. The second-order valence-corrected chi connectivity index (χ2v) is 4.35. The van der Waals surface area contributed by atoms with Crippen molar-refractivity contribution in [2.45, 2.75) is 19.4 Å². The highest BCUT2D eigenvalue weighted by Gasteiger charge is 2.05. The van der Waals surface area contributed by atoms with E-state index < -0.39 is 0 Å². The molecule has 5 heteroatoms. The Labute approximate surface area is 94.6 Å². The molecule has 0 bridgehead atoms. The van der Waals surface area contributed by atoms with Crippen molar-refractivity contribution in [3.8, 4) is 0 Å². The SMILES string of the molecule is CC(CCN(C)C)n1ccc(=O)[nH]c1=S. The second-order valence-electron chi connectivity index (χ2n) is 3.96. The smallest absolute Gasteiger partial charge is 0.251 e. The van der Waals surface area contributed by atoms with Crippen molar-refractivity contribution in [3.63, 3.8) is 0 Å². The summed E-state index contributed by atoms with van der Waals surface area (Å²) in [6, 6.07) is 1.80. The molecule has 1 unspecified atom stereocenters. The Balaban J connectivity index is 2.78. The minimum absolute atomic E-state index is 0.143. The summed E-state index contributed by atoms with van der Waals surface area (Å²) in [6.07, 6.45) is 2.76. The molecule has 0 radical (unpaired) electrons. The number of H-pyrrole nitrogens is 1. The fraction of sp³-hybridized carbons (Fsp3) is 0.600. The van der Waals surface area contributed by atoms with Crippen molar-refractivity contribution in [1.82, 2.24) is 14.5 Å². The first-order valence-electron chi connectivity index (χ1n) is 4.97. The highest BCUT2D eigenvalue weighted by Crippen LogP contribution is 2.09. The molecule has 4 nitrogen and oxygen atoms in total. The van der Waals surface area contributed by atoms with Gasteiger partial charge in [0.25, 0.3) is 5.56 Å². The predicted octanol–water partition coefficient (Wildman–Crippen LogP) is 1.42. The summed E-state index contributed by atoms with van der Waals surface area (Å²) < 4.78 is 2.41. The van der Waals surface area contributed by atoms with Crippen molar-refractivity contribution in [2.75, 3.05) is 20.6 Å². The molecule has 1 aromatic heterocycles. The number of hydrogen-bond acceptors (Lipinski definition) is 3. The van der Waals surface area contributed by atoms with E-state index in [2.05, 4.69) is 16.8 Å². The van der Waals surface area contributed by atoms with Crippen molar-refractivity contribution in [1.29, 1.82) is 0 Å². The van der Waals surface area contributed by atoms with Crippen LogP contribution in [0.15, 0.2) is 17.1 Å². The lowest BCUT2D eigenvalue weighted by Crippen LogP contribution is -2.19. The number of nitrogens with one attached hydrogen (secondary N) is 1. The van der Waals surface area contributed by atoms with Gasteiger partial charge in [0.05, 0.1) is 0 Å². The van der Waals surface area contributed by atoms with E-state index >= 15 is 0 Å². The Morgan fingerprint density at radius 2 is 2.27 bits per heavy atom. The van der Waals surface area contributed by atoms with E-state index in [-0.39, 0.29) is 5.56 Å². The molecule has 1 N–H and O–H groups in total. The van der Waals surface area contributed by atoms with Crippen LogP contribution in [0.4, 0.5) is 0 Å². The molecule has 0 aliphatic rings. The Bertz CT molecular complexity index is 421. The molecule has 1 atom stereocenters. The Morgan fingerprint density at radius 1 is 1.60 bits per heavy atom. The average molecular weight is 227 g/mol. The summed E-state index contributed by atoms with van der Waals surface area (Å²) in [5, 5.41) is 0. The van der Waals surface area contributed by atoms with Gasteiger partial charge in [0.1, 0.15) is 0 Å². The molecule has 0 amide bonds. The van der Waals surface area contributed by atoms with Gasteiger partial charge in [-0.15, -0.1) is 0 Å². The summed E-state index contributed by atoms with van der Waals surface area (Å²) >= 11 is 5.09. The van der Waals surface area contributed by atoms with E-state index in [0.717, 1.165) is 13.0 Å². The van der Waals surface area contributed by atoms with E-state index in [1.54, 1.807) is 6.20 Å². The molecular weight excluding hydrogens is 210 g/mol. The van der Waals surface area contributed by atoms with Gasteiger partial charge in [0.2, 0.25) is 0 Å². The Morgan fingerprint density at radius 3 is 2.80 bits per heavy atom. The zero-order valence-electron chi connectivity index (χ0n) is 9.36. The van der Waals surface area contributed by atoms with E-state index in [4.69, 9.17) is 12.2 Å². The van der Waals surface area contributed by atoms with Crippen LogP contribution in [0.2, 0.25) is 0 Å². The molecular formula is C10H17N3OS. The van der Waals surface area contributed by atoms with Crippen LogP contribution in [-0.2, 0) is 0 Å². The molecule has 1 rings (SSSR count). The van der Waals surface area contributed by atoms with Crippen LogP contribution in [0.1, 0.15) is 19.4 Å². The lowest BCUT2D eigenvalue weighted by atomic mass is 10.2. The summed E-state index contributed by atoms with van der Waals surface area (Å²) in [6.45, 7) is 3.10. The molecule has 0 aromatic carbocycles. The number of rotatable bonds is 4. The summed E-state index contributed by atoms with van der Waals surface area (Å²) in [4.78, 5) is 15.7. The zero-order valence-corrected chi connectivity index (χ0v) is 10.2. The molecule has 84 valence electrons. The van der Waals surface area contributed by atoms with Crippen molar-refractivity contribution in [2.24, 2.45) is 0 Å². The molecule has 15 heavy (non-hydrogen) atoms. The van der Waals surface area contributed by atoms with E-state index in [1.807, 2.05) is 18.7 Å². The summed E-state index contributed by atoms with van der Waals surface area (Å²) in [7, 11) is 4.08. The number of nitrogens with zero attached hydrogens (tertiary/aromatic N) is 2. The third-order valence-electron chi connectivity index (χ3n) is 2.32. The van der Waals surface area contributed by atoms with Gasteiger partial charge in [0.15, 0.2) is 4.77 Å². The molecule has 0 saturated carbocycles. The van der Waals surface area contributed by atoms with Crippen LogP contribution in [0, 0.1) is 4.77 Å². The number of aromatic amines is 1. The third kappa shape index (κ3) is 3.60. The fourth-order valence-corrected chi connectivity index (χ4v) is 1.70. The van der Waals surface area contributed by atoms with Gasteiger partial charge in [-0.2, -0.15) is 0 Å². The second kappa shape index (κ2) is 5.23. The van der Waals surface area contributed by atoms with Crippen LogP contribution < -0.4 is 5.56 Å². The van der Waals surface area contributed by atoms with Crippen molar-refractivity contribution < 1.29 is 0 Å². The lowest BCUT2D eigenvalue weighted by Gasteiger charge is -2.17. The minimum atomic E-state index is -0.143.